The molecule has 0 saturated carbocycles. The Hall–Kier alpha value is -0.350. The van der Waals surface area contributed by atoms with E-state index < -0.39 is 0 Å². The van der Waals surface area contributed by atoms with Crippen LogP contribution < -0.4 is 0 Å². The molecule has 94 valence electrons. The molecule has 0 radical (unpaired) electrons. The van der Waals surface area contributed by atoms with Crippen LogP contribution in [-0.2, 0) is 0 Å². The molecule has 1 aliphatic rings. The number of rotatable bonds is 1. The molecule has 0 bridgehead atoms. The molecule has 2 heterocycles. The molecule has 0 N–H and O–H groups in total. The second-order valence-corrected chi connectivity index (χ2v) is 7.45. The van der Waals surface area contributed by atoms with Gasteiger partial charge in [-0.15, -0.1) is 11.3 Å². The zero-order valence-electron chi connectivity index (χ0n) is 10.4. The summed E-state index contributed by atoms with van der Waals surface area (Å²) < 4.78 is 1.02. The van der Waals surface area contributed by atoms with E-state index in [2.05, 4.69) is 36.7 Å². The molecule has 1 aromatic rings. The van der Waals surface area contributed by atoms with E-state index in [0.29, 0.717) is 17.9 Å². The van der Waals surface area contributed by atoms with E-state index in [0.717, 1.165) is 15.9 Å². The van der Waals surface area contributed by atoms with Gasteiger partial charge in [0, 0.05) is 18.0 Å². The number of carbonyl (C=O) groups is 1. The summed E-state index contributed by atoms with van der Waals surface area (Å²) in [4.78, 5) is 14.5. The minimum absolute atomic E-state index is 0.179. The molecule has 3 atom stereocenters. The van der Waals surface area contributed by atoms with Crippen molar-refractivity contribution in [2.24, 2.45) is 11.8 Å². The number of likely N-dealkylation sites (tertiary alicyclic amines) is 1. The van der Waals surface area contributed by atoms with E-state index in [1.807, 2.05) is 16.3 Å². The van der Waals surface area contributed by atoms with Gasteiger partial charge in [-0.2, -0.15) is 0 Å². The molecule has 1 saturated heterocycles. The fourth-order valence-corrected chi connectivity index (χ4v) is 3.70. The van der Waals surface area contributed by atoms with Crippen molar-refractivity contribution in [1.82, 2.24) is 4.90 Å². The smallest absolute Gasteiger partial charge is 0.254 e. The summed E-state index contributed by atoms with van der Waals surface area (Å²) in [6.07, 6.45) is 1.22. The van der Waals surface area contributed by atoms with E-state index in [1.165, 1.54) is 6.42 Å². The molecule has 3 unspecified atom stereocenters. The van der Waals surface area contributed by atoms with Crippen LogP contribution in [0.4, 0.5) is 0 Å². The van der Waals surface area contributed by atoms with Crippen molar-refractivity contribution in [2.75, 3.05) is 6.54 Å². The Bertz CT molecular complexity index is 417. The quantitative estimate of drug-likeness (QED) is 0.766. The Morgan fingerprint density at radius 1 is 1.47 bits per heavy atom. The lowest BCUT2D eigenvalue weighted by Crippen LogP contribution is -2.48. The molecule has 17 heavy (non-hydrogen) atoms. The second kappa shape index (κ2) is 5.11. The highest BCUT2D eigenvalue weighted by atomic mass is 79.9. The van der Waals surface area contributed by atoms with Gasteiger partial charge in [-0.05, 0) is 47.2 Å². The number of amides is 1. The predicted octanol–water partition coefficient (Wildman–Crippen LogP) is 4.02. The molecule has 2 rings (SSSR count). The van der Waals surface area contributed by atoms with E-state index in [9.17, 15) is 4.79 Å². The van der Waals surface area contributed by atoms with E-state index in [1.54, 1.807) is 11.3 Å². The van der Waals surface area contributed by atoms with Crippen LogP contribution in [0.5, 0.6) is 0 Å². The minimum atomic E-state index is 0.179. The third kappa shape index (κ3) is 2.74. The van der Waals surface area contributed by atoms with E-state index in [4.69, 9.17) is 0 Å². The average Bonchev–Trinajstić information content (AvgIpc) is 2.69. The molecule has 0 aromatic carbocycles. The van der Waals surface area contributed by atoms with E-state index >= 15 is 0 Å². The molecule has 1 aliphatic heterocycles. The molecular formula is C13H18BrNOS. The molecule has 1 fully saturated rings. The third-order valence-electron chi connectivity index (χ3n) is 3.67. The van der Waals surface area contributed by atoms with Gasteiger partial charge in [-0.25, -0.2) is 0 Å². The van der Waals surface area contributed by atoms with Gasteiger partial charge in [0.15, 0.2) is 0 Å². The fourth-order valence-electron chi connectivity index (χ4n) is 2.57. The molecule has 0 aliphatic carbocycles. The summed E-state index contributed by atoms with van der Waals surface area (Å²) in [5.41, 5.74) is 0.815. The van der Waals surface area contributed by atoms with E-state index in [-0.39, 0.29) is 5.91 Å². The minimum Gasteiger partial charge on any atom is -0.335 e. The van der Waals surface area contributed by atoms with Crippen LogP contribution in [0.3, 0.4) is 0 Å². The normalized spacial score (nSPS) is 29.4. The highest BCUT2D eigenvalue weighted by molar-refractivity contribution is 9.11. The monoisotopic (exact) mass is 315 g/mol. The Morgan fingerprint density at radius 3 is 2.76 bits per heavy atom. The van der Waals surface area contributed by atoms with Crippen molar-refractivity contribution in [3.8, 4) is 0 Å². The maximum absolute atomic E-state index is 12.4. The van der Waals surface area contributed by atoms with Gasteiger partial charge < -0.3 is 4.90 Å². The number of carbonyl (C=O) groups excluding carboxylic acids is 1. The zero-order valence-corrected chi connectivity index (χ0v) is 12.8. The highest BCUT2D eigenvalue weighted by Crippen LogP contribution is 2.29. The van der Waals surface area contributed by atoms with Crippen molar-refractivity contribution in [2.45, 2.75) is 33.2 Å². The van der Waals surface area contributed by atoms with Crippen LogP contribution in [0.1, 0.15) is 37.6 Å². The van der Waals surface area contributed by atoms with Crippen LogP contribution in [-0.4, -0.2) is 23.4 Å². The fraction of sp³-hybridized carbons (Fsp3) is 0.615. The number of hydrogen-bond acceptors (Lipinski definition) is 2. The van der Waals surface area contributed by atoms with Crippen molar-refractivity contribution in [3.63, 3.8) is 0 Å². The molecule has 2 nitrogen and oxygen atoms in total. The van der Waals surface area contributed by atoms with Crippen molar-refractivity contribution >= 4 is 33.2 Å². The number of thiophene rings is 1. The first-order valence-electron chi connectivity index (χ1n) is 6.04. The number of hydrogen-bond donors (Lipinski definition) is 0. The maximum atomic E-state index is 12.4. The topological polar surface area (TPSA) is 20.3 Å². The van der Waals surface area contributed by atoms with Gasteiger partial charge in [0.05, 0.1) is 9.35 Å². The third-order valence-corrected chi connectivity index (χ3v) is 5.18. The Kier molecular flexibility index (Phi) is 3.93. The van der Waals surface area contributed by atoms with Gasteiger partial charge in [0.25, 0.3) is 5.91 Å². The Balaban J connectivity index is 2.18. The zero-order chi connectivity index (χ0) is 12.6. The molecular weight excluding hydrogens is 298 g/mol. The lowest BCUT2D eigenvalue weighted by Gasteiger charge is -2.41. The summed E-state index contributed by atoms with van der Waals surface area (Å²) in [6, 6.07) is 2.27. The number of nitrogens with zero attached hydrogens (tertiary/aromatic N) is 1. The first-order valence-corrected chi connectivity index (χ1v) is 7.71. The molecule has 0 spiro atoms. The van der Waals surface area contributed by atoms with Gasteiger partial charge in [0.2, 0.25) is 0 Å². The van der Waals surface area contributed by atoms with Crippen LogP contribution in [0.15, 0.2) is 15.2 Å². The van der Waals surface area contributed by atoms with Crippen LogP contribution in [0.25, 0.3) is 0 Å². The molecule has 4 heteroatoms. The van der Waals surface area contributed by atoms with Gasteiger partial charge in [-0.3, -0.25) is 4.79 Å². The largest absolute Gasteiger partial charge is 0.335 e. The first kappa shape index (κ1) is 13.1. The standard InChI is InChI=1S/C13H18BrNOS/c1-8-4-9(2)10(3)15(6-8)13(16)11-5-12(14)17-7-11/h5,7-10H,4,6H2,1-3H3. The summed E-state index contributed by atoms with van der Waals surface area (Å²) in [5, 5.41) is 1.93. The number of piperidine rings is 1. The van der Waals surface area contributed by atoms with Crippen LogP contribution in [0, 0.1) is 11.8 Å². The Labute approximate surface area is 115 Å². The molecule has 1 aromatic heterocycles. The first-order chi connectivity index (χ1) is 7.99. The van der Waals surface area contributed by atoms with Crippen molar-refractivity contribution in [1.29, 1.82) is 0 Å². The van der Waals surface area contributed by atoms with Gasteiger partial charge in [0.1, 0.15) is 0 Å². The lowest BCUT2D eigenvalue weighted by molar-refractivity contribution is 0.0456. The summed E-state index contributed by atoms with van der Waals surface area (Å²) in [5.74, 6) is 1.37. The summed E-state index contributed by atoms with van der Waals surface area (Å²) in [7, 11) is 0. The highest BCUT2D eigenvalue weighted by Gasteiger charge is 2.32. The second-order valence-electron chi connectivity index (χ2n) is 5.16. The maximum Gasteiger partial charge on any atom is 0.254 e. The average molecular weight is 316 g/mol. The SMILES string of the molecule is CC1CC(C)C(C)N(C(=O)c2csc(Br)c2)C1. The van der Waals surface area contributed by atoms with Gasteiger partial charge in [-0.1, -0.05) is 13.8 Å². The Morgan fingerprint density at radius 2 is 2.18 bits per heavy atom. The van der Waals surface area contributed by atoms with Gasteiger partial charge >= 0.3 is 0 Å². The van der Waals surface area contributed by atoms with Crippen molar-refractivity contribution < 1.29 is 4.79 Å². The summed E-state index contributed by atoms with van der Waals surface area (Å²) >= 11 is 4.98. The molecule has 1 amide bonds. The summed E-state index contributed by atoms with van der Waals surface area (Å²) in [6.45, 7) is 7.52. The van der Waals surface area contributed by atoms with Crippen LogP contribution in [0.2, 0.25) is 0 Å². The van der Waals surface area contributed by atoms with Crippen molar-refractivity contribution in [3.05, 3.63) is 20.8 Å². The lowest BCUT2D eigenvalue weighted by atomic mass is 9.85. The number of halogens is 1. The predicted molar refractivity (Wildman–Crippen MR) is 75.5 cm³/mol. The van der Waals surface area contributed by atoms with Crippen LogP contribution >= 0.6 is 27.3 Å².